The first-order valence-electron chi connectivity index (χ1n) is 8.75. The highest BCUT2D eigenvalue weighted by Crippen LogP contribution is 2.35. The number of nitrogens with one attached hydrogen (secondary N) is 3. The third-order valence-electron chi connectivity index (χ3n) is 5.05. The normalized spacial score (nSPS) is 25.8. The molecule has 3 N–H and O–H groups in total. The van der Waals surface area contributed by atoms with Crippen molar-refractivity contribution in [3.8, 4) is 0 Å². The first-order valence-corrected chi connectivity index (χ1v) is 9.16. The molecule has 1 aromatic rings. The number of thiocarbonyl (C=S) groups is 1. The van der Waals surface area contributed by atoms with Gasteiger partial charge in [0, 0.05) is 6.54 Å². The Labute approximate surface area is 153 Å². The zero-order valence-corrected chi connectivity index (χ0v) is 15.2. The van der Waals surface area contributed by atoms with Gasteiger partial charge < -0.3 is 10.6 Å². The molecule has 6 nitrogen and oxygen atoms in total. The quantitative estimate of drug-likeness (QED) is 0.567. The van der Waals surface area contributed by atoms with E-state index in [1.54, 1.807) is 0 Å². The molecule has 25 heavy (non-hydrogen) atoms. The van der Waals surface area contributed by atoms with Crippen LogP contribution in [0.1, 0.15) is 38.2 Å². The van der Waals surface area contributed by atoms with Crippen LogP contribution in [0, 0.1) is 5.92 Å². The highest BCUT2D eigenvalue weighted by molar-refractivity contribution is 7.80. The molecule has 3 rings (SSSR count). The fourth-order valence-electron chi connectivity index (χ4n) is 3.42. The van der Waals surface area contributed by atoms with E-state index in [1.807, 2.05) is 30.3 Å². The summed E-state index contributed by atoms with van der Waals surface area (Å²) in [5, 5.41) is 7.21. The van der Waals surface area contributed by atoms with Crippen molar-refractivity contribution in [2.24, 2.45) is 5.92 Å². The lowest BCUT2D eigenvalue weighted by Gasteiger charge is -2.33. The van der Waals surface area contributed by atoms with E-state index >= 15 is 0 Å². The third-order valence-corrected chi connectivity index (χ3v) is 5.28. The molecule has 2 aliphatic rings. The van der Waals surface area contributed by atoms with Gasteiger partial charge in [0.25, 0.3) is 5.91 Å². The molecule has 1 aliphatic heterocycles. The zero-order chi connectivity index (χ0) is 17.9. The predicted molar refractivity (Wildman–Crippen MR) is 99.6 cm³/mol. The van der Waals surface area contributed by atoms with Crippen molar-refractivity contribution in [1.29, 1.82) is 0 Å². The van der Waals surface area contributed by atoms with E-state index in [1.165, 1.54) is 5.56 Å². The van der Waals surface area contributed by atoms with Gasteiger partial charge in [-0.2, -0.15) is 5.01 Å². The average Bonchev–Trinajstić information content (AvgIpc) is 2.83. The first-order chi connectivity index (χ1) is 12.0. The molecule has 1 saturated carbocycles. The van der Waals surface area contributed by atoms with Crippen molar-refractivity contribution in [2.75, 3.05) is 6.54 Å². The molecule has 0 radical (unpaired) electrons. The third kappa shape index (κ3) is 3.92. The molecular weight excluding hydrogens is 336 g/mol. The van der Waals surface area contributed by atoms with Crippen LogP contribution in [-0.2, 0) is 11.2 Å². The summed E-state index contributed by atoms with van der Waals surface area (Å²) in [6.45, 7) is 2.80. The van der Waals surface area contributed by atoms with Crippen LogP contribution in [0.25, 0.3) is 0 Å². The summed E-state index contributed by atoms with van der Waals surface area (Å²) in [6, 6.07) is 9.62. The smallest absolute Gasteiger partial charge is 0.344 e. The summed E-state index contributed by atoms with van der Waals surface area (Å²) in [4.78, 5) is 24.9. The largest absolute Gasteiger partial charge is 0.361 e. The van der Waals surface area contributed by atoms with Crippen LogP contribution in [0.3, 0.4) is 0 Å². The molecule has 1 spiro atoms. The Hall–Kier alpha value is -2.15. The molecule has 1 saturated heterocycles. The average molecular weight is 360 g/mol. The summed E-state index contributed by atoms with van der Waals surface area (Å²) in [7, 11) is 0. The van der Waals surface area contributed by atoms with Gasteiger partial charge in [0.15, 0.2) is 5.11 Å². The fourth-order valence-corrected chi connectivity index (χ4v) is 3.62. The van der Waals surface area contributed by atoms with Crippen LogP contribution in [0.15, 0.2) is 30.3 Å². The molecule has 7 heteroatoms. The number of hydrazine groups is 1. The number of nitrogens with zero attached hydrogens (tertiary/aromatic N) is 1. The SMILES string of the molecule is CC1CCC2(CC1)NC(=O)N(NC(=S)NCCc1ccccc1)C2=O. The number of carbonyl (C=O) groups is 2. The molecule has 1 aromatic carbocycles. The maximum atomic E-state index is 12.7. The Morgan fingerprint density at radius 2 is 1.96 bits per heavy atom. The van der Waals surface area contributed by atoms with Crippen molar-refractivity contribution in [3.05, 3.63) is 35.9 Å². The second kappa shape index (κ2) is 7.39. The van der Waals surface area contributed by atoms with Crippen LogP contribution in [0.5, 0.6) is 0 Å². The molecular formula is C18H24N4O2S. The predicted octanol–water partition coefficient (Wildman–Crippen LogP) is 2.11. The van der Waals surface area contributed by atoms with Crippen molar-refractivity contribution >= 4 is 29.3 Å². The number of carbonyl (C=O) groups excluding carboxylic acids is 2. The number of hydrogen-bond donors (Lipinski definition) is 3. The summed E-state index contributed by atoms with van der Waals surface area (Å²) >= 11 is 5.22. The molecule has 0 unspecified atom stereocenters. The van der Waals surface area contributed by atoms with E-state index in [4.69, 9.17) is 12.2 Å². The molecule has 3 amide bonds. The summed E-state index contributed by atoms with van der Waals surface area (Å²) in [6.07, 6.45) is 4.07. The topological polar surface area (TPSA) is 73.5 Å². The van der Waals surface area contributed by atoms with E-state index < -0.39 is 11.6 Å². The molecule has 1 heterocycles. The second-order valence-electron chi connectivity index (χ2n) is 6.94. The van der Waals surface area contributed by atoms with Crippen molar-refractivity contribution in [3.63, 3.8) is 0 Å². The number of rotatable bonds is 4. The molecule has 2 fully saturated rings. The number of hydrogen-bond acceptors (Lipinski definition) is 3. The Morgan fingerprint density at radius 1 is 1.28 bits per heavy atom. The minimum atomic E-state index is -0.754. The zero-order valence-electron chi connectivity index (χ0n) is 14.4. The van der Waals surface area contributed by atoms with Crippen LogP contribution < -0.4 is 16.1 Å². The van der Waals surface area contributed by atoms with Gasteiger partial charge in [0.2, 0.25) is 0 Å². The van der Waals surface area contributed by atoms with E-state index in [0.29, 0.717) is 25.3 Å². The van der Waals surface area contributed by atoms with E-state index in [0.717, 1.165) is 24.3 Å². The van der Waals surface area contributed by atoms with Crippen molar-refractivity contribution in [2.45, 2.75) is 44.6 Å². The van der Waals surface area contributed by atoms with Crippen LogP contribution >= 0.6 is 12.2 Å². The molecule has 0 aromatic heterocycles. The number of imide groups is 1. The lowest BCUT2D eigenvalue weighted by molar-refractivity contribution is -0.133. The van der Waals surface area contributed by atoms with E-state index in [-0.39, 0.29) is 11.0 Å². The molecule has 1 aliphatic carbocycles. The highest BCUT2D eigenvalue weighted by Gasteiger charge is 2.52. The van der Waals surface area contributed by atoms with Gasteiger partial charge >= 0.3 is 6.03 Å². The Kier molecular flexibility index (Phi) is 5.22. The van der Waals surface area contributed by atoms with Crippen molar-refractivity contribution in [1.82, 2.24) is 21.1 Å². The minimum absolute atomic E-state index is 0.225. The van der Waals surface area contributed by atoms with Gasteiger partial charge in [-0.3, -0.25) is 10.2 Å². The summed E-state index contributed by atoms with van der Waals surface area (Å²) < 4.78 is 0. The van der Waals surface area contributed by atoms with Gasteiger partial charge in [-0.25, -0.2) is 4.79 Å². The fraction of sp³-hybridized carbons (Fsp3) is 0.500. The first kappa shape index (κ1) is 17.7. The summed E-state index contributed by atoms with van der Waals surface area (Å²) in [5.74, 6) is 0.370. The second-order valence-corrected chi connectivity index (χ2v) is 7.35. The lowest BCUT2D eigenvalue weighted by atomic mass is 9.77. The van der Waals surface area contributed by atoms with Gasteiger partial charge in [-0.05, 0) is 55.8 Å². The standard InChI is InChI=1S/C18H24N4O2S/c1-13-7-10-18(11-8-13)15(23)22(17(24)20-18)21-16(25)19-12-9-14-5-3-2-4-6-14/h2-6,13H,7-12H2,1H3,(H,20,24)(H2,19,21,25). The van der Waals surface area contributed by atoms with Gasteiger partial charge in [0.05, 0.1) is 0 Å². The Bertz CT molecular complexity index is 656. The minimum Gasteiger partial charge on any atom is -0.361 e. The van der Waals surface area contributed by atoms with Gasteiger partial charge in [-0.1, -0.05) is 37.3 Å². The number of amides is 3. The Balaban J connectivity index is 1.51. The monoisotopic (exact) mass is 360 g/mol. The molecule has 0 atom stereocenters. The number of benzene rings is 1. The maximum Gasteiger partial charge on any atom is 0.344 e. The molecule has 0 bridgehead atoms. The van der Waals surface area contributed by atoms with E-state index in [2.05, 4.69) is 23.0 Å². The van der Waals surface area contributed by atoms with Crippen LogP contribution in [0.4, 0.5) is 4.79 Å². The van der Waals surface area contributed by atoms with Crippen LogP contribution in [-0.4, -0.2) is 34.1 Å². The maximum absolute atomic E-state index is 12.7. The summed E-state index contributed by atoms with van der Waals surface area (Å²) in [5.41, 5.74) is 3.18. The van der Waals surface area contributed by atoms with Crippen LogP contribution in [0.2, 0.25) is 0 Å². The van der Waals surface area contributed by atoms with Gasteiger partial charge in [0.1, 0.15) is 5.54 Å². The van der Waals surface area contributed by atoms with E-state index in [9.17, 15) is 9.59 Å². The Morgan fingerprint density at radius 3 is 2.64 bits per heavy atom. The lowest BCUT2D eigenvalue weighted by Crippen LogP contribution is -2.53. The van der Waals surface area contributed by atoms with Gasteiger partial charge in [-0.15, -0.1) is 0 Å². The number of urea groups is 1. The van der Waals surface area contributed by atoms with Crippen molar-refractivity contribution < 1.29 is 9.59 Å². The molecule has 134 valence electrons. The highest BCUT2D eigenvalue weighted by atomic mass is 32.1.